The van der Waals surface area contributed by atoms with Crippen LogP contribution in [0, 0.1) is 10.1 Å². The molecule has 0 radical (unpaired) electrons. The summed E-state index contributed by atoms with van der Waals surface area (Å²) in [6.07, 6.45) is 1.92. The molecule has 0 fully saturated rings. The molecule has 0 bridgehead atoms. The normalized spacial score (nSPS) is 10.1. The van der Waals surface area contributed by atoms with E-state index in [1.807, 2.05) is 0 Å². The quantitative estimate of drug-likeness (QED) is 0.378. The Bertz CT molecular complexity index is 589. The number of anilines is 1. The summed E-state index contributed by atoms with van der Waals surface area (Å²) in [6.45, 7) is 0. The van der Waals surface area contributed by atoms with Crippen LogP contribution in [0.3, 0.4) is 0 Å². The summed E-state index contributed by atoms with van der Waals surface area (Å²) in [7, 11) is 0. The smallest absolute Gasteiger partial charge is 0.292 e. The number of hydrogen-bond acceptors (Lipinski definition) is 5. The van der Waals surface area contributed by atoms with E-state index < -0.39 is 4.92 Å². The van der Waals surface area contributed by atoms with Gasteiger partial charge in [-0.1, -0.05) is 6.07 Å². The Morgan fingerprint density at radius 1 is 1.29 bits per heavy atom. The highest BCUT2D eigenvalue weighted by Gasteiger charge is 2.13. The number of carbonyl (C=O) groups excluding carboxylic acids is 1. The first kappa shape index (κ1) is 10.9. The number of nitrogen functional groups attached to an aromatic ring is 1. The van der Waals surface area contributed by atoms with Crippen LogP contribution in [0.2, 0.25) is 0 Å². The van der Waals surface area contributed by atoms with E-state index in [1.54, 1.807) is 6.07 Å². The van der Waals surface area contributed by atoms with Gasteiger partial charge in [-0.15, -0.1) is 0 Å². The fourth-order valence-electron chi connectivity index (χ4n) is 1.45. The minimum Gasteiger partial charge on any atom is -0.461 e. The highest BCUT2D eigenvalue weighted by molar-refractivity contribution is 5.77. The zero-order chi connectivity index (χ0) is 12.4. The van der Waals surface area contributed by atoms with Gasteiger partial charge in [0.2, 0.25) is 0 Å². The molecule has 86 valence electrons. The van der Waals surface area contributed by atoms with Crippen molar-refractivity contribution in [3.8, 4) is 11.1 Å². The number of aldehydes is 1. The molecule has 0 aliphatic heterocycles. The number of nitro groups is 1. The fourth-order valence-corrected chi connectivity index (χ4v) is 1.45. The van der Waals surface area contributed by atoms with Gasteiger partial charge in [0.1, 0.15) is 5.69 Å². The van der Waals surface area contributed by atoms with Crippen LogP contribution in [0.25, 0.3) is 11.1 Å². The van der Waals surface area contributed by atoms with Crippen molar-refractivity contribution in [3.63, 3.8) is 0 Å². The lowest BCUT2D eigenvalue weighted by Crippen LogP contribution is -1.95. The molecular weight excluding hydrogens is 224 g/mol. The lowest BCUT2D eigenvalue weighted by Gasteiger charge is -2.00. The predicted molar refractivity (Wildman–Crippen MR) is 60.6 cm³/mol. The second-order valence-electron chi connectivity index (χ2n) is 3.39. The van der Waals surface area contributed by atoms with Crippen molar-refractivity contribution in [3.05, 3.63) is 46.4 Å². The zero-order valence-corrected chi connectivity index (χ0v) is 8.62. The maximum absolute atomic E-state index is 10.7. The van der Waals surface area contributed by atoms with E-state index in [0.717, 1.165) is 0 Å². The van der Waals surface area contributed by atoms with Gasteiger partial charge in [0.05, 0.1) is 11.2 Å². The number of nitrogens with zero attached hydrogens (tertiary/aromatic N) is 1. The molecule has 1 heterocycles. The summed E-state index contributed by atoms with van der Waals surface area (Å²) in [5, 5.41) is 10.7. The summed E-state index contributed by atoms with van der Waals surface area (Å²) >= 11 is 0. The highest BCUT2D eigenvalue weighted by Crippen LogP contribution is 2.29. The molecule has 2 N–H and O–H groups in total. The lowest BCUT2D eigenvalue weighted by molar-refractivity contribution is -0.383. The number of hydrogen-bond donors (Lipinski definition) is 1. The maximum atomic E-state index is 10.7. The van der Waals surface area contributed by atoms with Crippen LogP contribution in [0.5, 0.6) is 0 Å². The van der Waals surface area contributed by atoms with Gasteiger partial charge >= 0.3 is 0 Å². The van der Waals surface area contributed by atoms with Gasteiger partial charge in [-0.05, 0) is 17.7 Å². The number of nitro benzene ring substituents is 1. The lowest BCUT2D eigenvalue weighted by atomic mass is 10.1. The van der Waals surface area contributed by atoms with Gasteiger partial charge in [-0.2, -0.15) is 0 Å². The van der Waals surface area contributed by atoms with Crippen LogP contribution in [-0.2, 0) is 0 Å². The number of furan rings is 1. The third kappa shape index (κ3) is 2.00. The molecule has 1 aromatic carbocycles. The van der Waals surface area contributed by atoms with Crippen LogP contribution in [0.1, 0.15) is 10.6 Å². The summed E-state index contributed by atoms with van der Waals surface area (Å²) in [4.78, 5) is 20.6. The first-order valence-corrected chi connectivity index (χ1v) is 4.70. The van der Waals surface area contributed by atoms with Crippen molar-refractivity contribution in [2.75, 3.05) is 5.73 Å². The largest absolute Gasteiger partial charge is 0.461 e. The average molecular weight is 232 g/mol. The van der Waals surface area contributed by atoms with Crippen molar-refractivity contribution >= 4 is 17.7 Å². The van der Waals surface area contributed by atoms with Gasteiger partial charge in [0.15, 0.2) is 12.0 Å². The maximum Gasteiger partial charge on any atom is 0.292 e. The summed E-state index contributed by atoms with van der Waals surface area (Å²) in [5.74, 6) is 0.166. The van der Waals surface area contributed by atoms with E-state index in [9.17, 15) is 14.9 Å². The molecule has 2 rings (SSSR count). The van der Waals surface area contributed by atoms with Crippen molar-refractivity contribution in [1.82, 2.24) is 0 Å². The number of carbonyl (C=O) groups is 1. The summed E-state index contributed by atoms with van der Waals surface area (Å²) in [6, 6.07) is 5.92. The molecule has 0 saturated carbocycles. The van der Waals surface area contributed by atoms with E-state index in [-0.39, 0.29) is 17.1 Å². The van der Waals surface area contributed by atoms with Crippen LogP contribution in [0.4, 0.5) is 11.4 Å². The van der Waals surface area contributed by atoms with Crippen molar-refractivity contribution in [1.29, 1.82) is 0 Å². The van der Waals surface area contributed by atoms with Gasteiger partial charge < -0.3 is 10.2 Å². The minimum absolute atomic E-state index is 0.0952. The molecule has 6 heteroatoms. The van der Waals surface area contributed by atoms with Gasteiger partial charge in [0.25, 0.3) is 5.69 Å². The Balaban J connectivity index is 2.49. The number of nitrogens with two attached hydrogens (primary N) is 1. The molecule has 0 saturated heterocycles. The molecular formula is C11H8N2O4. The predicted octanol–water partition coefficient (Wildman–Crippen LogP) is 2.25. The van der Waals surface area contributed by atoms with Crippen LogP contribution in [0.15, 0.2) is 34.9 Å². The third-order valence-electron chi connectivity index (χ3n) is 2.30. The van der Waals surface area contributed by atoms with Gasteiger partial charge in [-0.25, -0.2) is 0 Å². The molecule has 2 aromatic rings. The third-order valence-corrected chi connectivity index (χ3v) is 2.30. The molecule has 6 nitrogen and oxygen atoms in total. The van der Waals surface area contributed by atoms with E-state index in [2.05, 4.69) is 0 Å². The SMILES string of the molecule is Nc1ccc(-c2coc(C=O)c2)cc1[N+](=O)[O-]. The standard InChI is InChI=1S/C11H8N2O4/c12-10-2-1-7(4-11(10)13(15)16)8-3-9(5-14)17-6-8/h1-6H,12H2. The Morgan fingerprint density at radius 2 is 2.06 bits per heavy atom. The van der Waals surface area contributed by atoms with Crippen LogP contribution in [-0.4, -0.2) is 11.2 Å². The van der Waals surface area contributed by atoms with Gasteiger partial charge in [0, 0.05) is 11.6 Å². The molecule has 0 aliphatic rings. The first-order chi connectivity index (χ1) is 8.11. The Morgan fingerprint density at radius 3 is 2.65 bits per heavy atom. The monoisotopic (exact) mass is 232 g/mol. The first-order valence-electron chi connectivity index (χ1n) is 4.70. The molecule has 17 heavy (non-hydrogen) atoms. The topological polar surface area (TPSA) is 99.4 Å². The van der Waals surface area contributed by atoms with E-state index in [0.29, 0.717) is 17.4 Å². The Labute approximate surface area is 95.8 Å². The summed E-state index contributed by atoms with van der Waals surface area (Å²) < 4.78 is 4.93. The van der Waals surface area contributed by atoms with Crippen LogP contribution >= 0.6 is 0 Å². The molecule has 0 unspecified atom stereocenters. The number of benzene rings is 1. The number of rotatable bonds is 3. The molecule has 0 spiro atoms. The van der Waals surface area contributed by atoms with Crippen molar-refractivity contribution in [2.45, 2.75) is 0 Å². The molecule has 0 aliphatic carbocycles. The fraction of sp³-hybridized carbons (Fsp3) is 0. The average Bonchev–Trinajstić information content (AvgIpc) is 2.78. The Hall–Kier alpha value is -2.63. The minimum atomic E-state index is -0.556. The molecule has 0 atom stereocenters. The van der Waals surface area contributed by atoms with Crippen LogP contribution < -0.4 is 5.73 Å². The van der Waals surface area contributed by atoms with Crippen molar-refractivity contribution < 1.29 is 14.1 Å². The van der Waals surface area contributed by atoms with E-state index in [4.69, 9.17) is 10.2 Å². The van der Waals surface area contributed by atoms with Gasteiger partial charge in [-0.3, -0.25) is 14.9 Å². The highest BCUT2D eigenvalue weighted by atomic mass is 16.6. The Kier molecular flexibility index (Phi) is 2.61. The second kappa shape index (κ2) is 4.09. The van der Waals surface area contributed by atoms with E-state index in [1.165, 1.54) is 24.5 Å². The molecule has 0 amide bonds. The summed E-state index contributed by atoms with van der Waals surface area (Å²) in [5.41, 5.74) is 6.57. The van der Waals surface area contributed by atoms with Crippen molar-refractivity contribution in [2.24, 2.45) is 0 Å². The second-order valence-corrected chi connectivity index (χ2v) is 3.39. The molecule has 1 aromatic heterocycles. The zero-order valence-electron chi connectivity index (χ0n) is 8.62. The van der Waals surface area contributed by atoms with E-state index >= 15 is 0 Å².